The number of fused-ring (bicyclic) bond motifs is 5. The van der Waals surface area contributed by atoms with Crippen molar-refractivity contribution in [2.75, 3.05) is 0 Å². The van der Waals surface area contributed by atoms with E-state index in [9.17, 15) is 14.0 Å². The first-order chi connectivity index (χ1) is 10.8. The van der Waals surface area contributed by atoms with Crippen LogP contribution < -0.4 is 0 Å². The third kappa shape index (κ3) is 1.91. The van der Waals surface area contributed by atoms with Gasteiger partial charge in [0.25, 0.3) is 0 Å². The van der Waals surface area contributed by atoms with Crippen molar-refractivity contribution in [2.24, 2.45) is 34.5 Å². The molecule has 0 aliphatic heterocycles. The number of rotatable bonds is 0. The Hall–Kier alpha value is -0.990. The lowest BCUT2D eigenvalue weighted by molar-refractivity contribution is -0.157. The molecule has 4 saturated carbocycles. The maximum atomic E-state index is 14.2. The molecule has 23 heavy (non-hydrogen) atoms. The van der Waals surface area contributed by atoms with Crippen molar-refractivity contribution >= 4 is 11.6 Å². The summed E-state index contributed by atoms with van der Waals surface area (Å²) in [5.74, 6) is 0.705. The zero-order chi connectivity index (χ0) is 16.6. The standard InChI is InChI=1S/C20H27FO2/c1-11-8-13-15(6-7-19(2)10-12(21)9-16(13)19)20(3)14(11)4-5-17(22)18(20)23/h12-16H,1,4-10H2,2-3H3. The van der Waals surface area contributed by atoms with Gasteiger partial charge in [-0.3, -0.25) is 9.59 Å². The maximum Gasteiger partial charge on any atom is 0.205 e. The van der Waals surface area contributed by atoms with Crippen LogP contribution in [0, 0.1) is 34.5 Å². The second-order valence-corrected chi connectivity index (χ2v) is 9.10. The molecule has 0 saturated heterocycles. The van der Waals surface area contributed by atoms with E-state index < -0.39 is 11.6 Å². The SMILES string of the molecule is C=C1CC2C3CC(F)CC3(C)CCC2C2(C)C(=O)C(=O)CCC12. The van der Waals surface area contributed by atoms with Gasteiger partial charge in [0.05, 0.1) is 0 Å². The van der Waals surface area contributed by atoms with Gasteiger partial charge in [-0.2, -0.15) is 0 Å². The highest BCUT2D eigenvalue weighted by atomic mass is 19.1. The van der Waals surface area contributed by atoms with E-state index in [2.05, 4.69) is 13.5 Å². The zero-order valence-corrected chi connectivity index (χ0v) is 14.2. The van der Waals surface area contributed by atoms with E-state index in [0.717, 1.165) is 31.3 Å². The Bertz CT molecular complexity index is 596. The molecule has 0 spiro atoms. The second kappa shape index (κ2) is 4.77. The van der Waals surface area contributed by atoms with Crippen LogP contribution in [0.25, 0.3) is 0 Å². The van der Waals surface area contributed by atoms with Crippen molar-refractivity contribution in [1.29, 1.82) is 0 Å². The normalized spacial score (nSPS) is 52.8. The van der Waals surface area contributed by atoms with Gasteiger partial charge in [0.2, 0.25) is 5.78 Å². The Balaban J connectivity index is 1.75. The van der Waals surface area contributed by atoms with E-state index in [-0.39, 0.29) is 28.8 Å². The Morgan fingerprint density at radius 1 is 1.17 bits per heavy atom. The summed E-state index contributed by atoms with van der Waals surface area (Å²) in [6.45, 7) is 8.54. The van der Waals surface area contributed by atoms with Crippen molar-refractivity contribution < 1.29 is 14.0 Å². The van der Waals surface area contributed by atoms with Gasteiger partial charge in [-0.15, -0.1) is 0 Å². The van der Waals surface area contributed by atoms with Gasteiger partial charge in [0.1, 0.15) is 6.17 Å². The Morgan fingerprint density at radius 3 is 2.65 bits per heavy atom. The van der Waals surface area contributed by atoms with Crippen LogP contribution in [0.3, 0.4) is 0 Å². The molecule has 4 rings (SSSR count). The second-order valence-electron chi connectivity index (χ2n) is 9.10. The molecular weight excluding hydrogens is 291 g/mol. The molecule has 0 aromatic heterocycles. The highest BCUT2D eigenvalue weighted by Gasteiger charge is 2.63. The van der Waals surface area contributed by atoms with Crippen molar-refractivity contribution in [1.82, 2.24) is 0 Å². The summed E-state index contributed by atoms with van der Waals surface area (Å²) in [4.78, 5) is 25.0. The molecular formula is C20H27FO2. The minimum Gasteiger partial charge on any atom is -0.291 e. The van der Waals surface area contributed by atoms with Gasteiger partial charge < -0.3 is 0 Å². The fourth-order valence-corrected chi connectivity index (χ4v) is 6.94. The smallest absolute Gasteiger partial charge is 0.205 e. The molecule has 0 bridgehead atoms. The molecule has 0 radical (unpaired) electrons. The van der Waals surface area contributed by atoms with Crippen molar-refractivity contribution in [3.8, 4) is 0 Å². The van der Waals surface area contributed by atoms with E-state index in [0.29, 0.717) is 31.1 Å². The Labute approximate surface area is 137 Å². The van der Waals surface area contributed by atoms with Crippen LogP contribution in [0.4, 0.5) is 4.39 Å². The van der Waals surface area contributed by atoms with Crippen LogP contribution in [-0.2, 0) is 9.59 Å². The lowest BCUT2D eigenvalue weighted by atomic mass is 9.44. The van der Waals surface area contributed by atoms with Crippen LogP contribution in [0.1, 0.15) is 58.8 Å². The number of hydrogen-bond acceptors (Lipinski definition) is 2. The summed E-state index contributed by atoms with van der Waals surface area (Å²) in [5.41, 5.74) is 0.637. The third-order valence-corrected chi connectivity index (χ3v) is 8.04. The molecule has 0 heterocycles. The molecule has 0 aromatic carbocycles. The fourth-order valence-electron chi connectivity index (χ4n) is 6.94. The largest absolute Gasteiger partial charge is 0.291 e. The van der Waals surface area contributed by atoms with Crippen molar-refractivity contribution in [3.05, 3.63) is 12.2 Å². The van der Waals surface area contributed by atoms with E-state index in [1.54, 1.807) is 0 Å². The molecule has 4 aliphatic carbocycles. The number of carbonyl (C=O) groups excluding carboxylic acids is 2. The van der Waals surface area contributed by atoms with Crippen LogP contribution in [0.5, 0.6) is 0 Å². The average Bonchev–Trinajstić information content (AvgIpc) is 2.79. The molecule has 4 fully saturated rings. The lowest BCUT2D eigenvalue weighted by Crippen LogP contribution is -2.58. The Kier molecular flexibility index (Phi) is 3.22. The molecule has 0 amide bonds. The summed E-state index contributed by atoms with van der Waals surface area (Å²) < 4.78 is 14.2. The molecule has 7 atom stereocenters. The molecule has 0 aromatic rings. The molecule has 2 nitrogen and oxygen atoms in total. The van der Waals surface area contributed by atoms with Gasteiger partial charge in [-0.25, -0.2) is 4.39 Å². The third-order valence-electron chi connectivity index (χ3n) is 8.04. The predicted octanol–water partition coefficient (Wildman–Crippen LogP) is 4.28. The van der Waals surface area contributed by atoms with E-state index in [4.69, 9.17) is 0 Å². The number of ketones is 2. The predicted molar refractivity (Wildman–Crippen MR) is 86.5 cm³/mol. The zero-order valence-electron chi connectivity index (χ0n) is 14.2. The van der Waals surface area contributed by atoms with Gasteiger partial charge in [-0.05, 0) is 67.6 Å². The van der Waals surface area contributed by atoms with E-state index in [1.165, 1.54) is 0 Å². The topological polar surface area (TPSA) is 34.1 Å². The average molecular weight is 318 g/mol. The number of Topliss-reactive ketones (excluding diaryl/α,β-unsaturated/α-hetero) is 2. The van der Waals surface area contributed by atoms with Gasteiger partial charge in [0, 0.05) is 11.8 Å². The first-order valence-corrected chi connectivity index (χ1v) is 9.17. The first-order valence-electron chi connectivity index (χ1n) is 9.17. The molecule has 0 N–H and O–H groups in total. The van der Waals surface area contributed by atoms with Crippen LogP contribution in [-0.4, -0.2) is 17.7 Å². The molecule has 7 unspecified atom stereocenters. The Morgan fingerprint density at radius 2 is 1.91 bits per heavy atom. The maximum absolute atomic E-state index is 14.2. The summed E-state index contributed by atoms with van der Waals surface area (Å²) >= 11 is 0. The number of halogens is 1. The number of allylic oxidation sites excluding steroid dienone is 1. The molecule has 4 aliphatic rings. The van der Waals surface area contributed by atoms with Gasteiger partial charge in [0.15, 0.2) is 5.78 Å². The summed E-state index contributed by atoms with van der Waals surface area (Å²) in [7, 11) is 0. The lowest BCUT2D eigenvalue weighted by Gasteiger charge is -2.59. The minimum atomic E-state index is -0.703. The summed E-state index contributed by atoms with van der Waals surface area (Å²) in [6, 6.07) is 0. The quantitative estimate of drug-likeness (QED) is 0.493. The summed E-state index contributed by atoms with van der Waals surface area (Å²) in [5, 5.41) is 0. The summed E-state index contributed by atoms with van der Waals surface area (Å²) in [6.07, 6.45) is 4.64. The van der Waals surface area contributed by atoms with Crippen molar-refractivity contribution in [2.45, 2.75) is 65.0 Å². The molecule has 126 valence electrons. The van der Waals surface area contributed by atoms with E-state index in [1.807, 2.05) is 6.92 Å². The molecule has 3 heteroatoms. The number of carbonyl (C=O) groups is 2. The number of hydrogen-bond donors (Lipinski definition) is 0. The van der Waals surface area contributed by atoms with Gasteiger partial charge in [-0.1, -0.05) is 26.0 Å². The fraction of sp³-hybridized carbons (Fsp3) is 0.800. The van der Waals surface area contributed by atoms with Crippen molar-refractivity contribution in [3.63, 3.8) is 0 Å². The van der Waals surface area contributed by atoms with Crippen LogP contribution in [0.2, 0.25) is 0 Å². The van der Waals surface area contributed by atoms with Gasteiger partial charge >= 0.3 is 0 Å². The number of alkyl halides is 1. The first kappa shape index (κ1) is 15.5. The monoisotopic (exact) mass is 318 g/mol. The van der Waals surface area contributed by atoms with E-state index >= 15 is 0 Å². The van der Waals surface area contributed by atoms with Crippen LogP contribution >= 0.6 is 0 Å². The highest BCUT2D eigenvalue weighted by molar-refractivity contribution is 6.40. The minimum absolute atomic E-state index is 0.0752. The highest BCUT2D eigenvalue weighted by Crippen LogP contribution is 2.66. The van der Waals surface area contributed by atoms with Crippen LogP contribution in [0.15, 0.2) is 12.2 Å².